The molecule has 0 aliphatic carbocycles. The zero-order valence-corrected chi connectivity index (χ0v) is 20.3. The second-order valence-corrected chi connectivity index (χ2v) is 9.61. The molecule has 9 nitrogen and oxygen atoms in total. The lowest BCUT2D eigenvalue weighted by atomic mass is 10.0. The van der Waals surface area contributed by atoms with E-state index < -0.39 is 6.17 Å². The van der Waals surface area contributed by atoms with E-state index in [4.69, 9.17) is 9.47 Å². The van der Waals surface area contributed by atoms with Gasteiger partial charge in [0.2, 0.25) is 0 Å². The number of pyridine rings is 1. The van der Waals surface area contributed by atoms with Gasteiger partial charge in [-0.25, -0.2) is 9.18 Å². The van der Waals surface area contributed by atoms with Crippen molar-refractivity contribution in [1.29, 1.82) is 0 Å². The van der Waals surface area contributed by atoms with E-state index in [-0.39, 0.29) is 11.7 Å². The number of aromatic nitrogens is 5. The summed E-state index contributed by atoms with van der Waals surface area (Å²) in [5, 5.41) is 9.55. The minimum atomic E-state index is -0.651. The van der Waals surface area contributed by atoms with Gasteiger partial charge in [-0.15, -0.1) is 10.2 Å². The molecule has 6 rings (SSSR count). The number of aryl methyl sites for hydroxylation is 1. The first kappa shape index (κ1) is 23.2. The molecule has 36 heavy (non-hydrogen) atoms. The monoisotopic (exact) mass is 492 g/mol. The van der Waals surface area contributed by atoms with Gasteiger partial charge in [0.25, 0.3) is 0 Å². The van der Waals surface area contributed by atoms with Crippen LogP contribution in [0.1, 0.15) is 24.6 Å². The SMILES string of the molecule is Cn1c(=O)n(C2COC2)c2c3cc(-c4ccc(COCCN5CCC(F)CC5)nc4)ccc3nnc21. The third-order valence-electron chi connectivity index (χ3n) is 7.23. The summed E-state index contributed by atoms with van der Waals surface area (Å²) >= 11 is 0. The molecular formula is C26H29FN6O3. The first-order valence-electron chi connectivity index (χ1n) is 12.4. The van der Waals surface area contributed by atoms with Crippen molar-refractivity contribution in [1.82, 2.24) is 29.2 Å². The Morgan fingerprint density at radius 3 is 2.64 bits per heavy atom. The van der Waals surface area contributed by atoms with Crippen molar-refractivity contribution in [3.8, 4) is 11.1 Å². The number of rotatable bonds is 7. The van der Waals surface area contributed by atoms with Crippen molar-refractivity contribution in [3.63, 3.8) is 0 Å². The molecule has 2 aliphatic rings. The number of likely N-dealkylation sites (tertiary alicyclic amines) is 1. The van der Waals surface area contributed by atoms with Crippen LogP contribution in [0.5, 0.6) is 0 Å². The number of benzene rings is 1. The van der Waals surface area contributed by atoms with Gasteiger partial charge in [0, 0.05) is 43.8 Å². The van der Waals surface area contributed by atoms with Gasteiger partial charge in [0.1, 0.15) is 11.7 Å². The highest BCUT2D eigenvalue weighted by Gasteiger charge is 2.27. The molecule has 4 aromatic rings. The Labute approximate surface area is 207 Å². The summed E-state index contributed by atoms with van der Waals surface area (Å²) in [6.07, 6.45) is 2.43. The zero-order chi connectivity index (χ0) is 24.6. The lowest BCUT2D eigenvalue weighted by Gasteiger charge is -2.28. The largest absolute Gasteiger partial charge is 0.377 e. The molecule has 0 N–H and O–H groups in total. The van der Waals surface area contributed by atoms with Gasteiger partial charge in [0.05, 0.1) is 43.7 Å². The number of ether oxygens (including phenoxy) is 2. The molecule has 188 valence electrons. The van der Waals surface area contributed by atoms with E-state index in [1.54, 1.807) is 16.2 Å². The van der Waals surface area contributed by atoms with Crippen LogP contribution >= 0.6 is 0 Å². The molecular weight excluding hydrogens is 463 g/mol. The number of nitrogens with zero attached hydrogens (tertiary/aromatic N) is 6. The summed E-state index contributed by atoms with van der Waals surface area (Å²) in [4.78, 5) is 19.8. The normalized spacial score (nSPS) is 17.7. The van der Waals surface area contributed by atoms with Crippen LogP contribution < -0.4 is 5.69 Å². The highest BCUT2D eigenvalue weighted by Crippen LogP contribution is 2.30. The first-order valence-corrected chi connectivity index (χ1v) is 12.4. The molecule has 0 atom stereocenters. The maximum absolute atomic E-state index is 13.3. The average molecular weight is 493 g/mol. The first-order chi connectivity index (χ1) is 17.6. The molecule has 2 fully saturated rings. The summed E-state index contributed by atoms with van der Waals surface area (Å²) in [5.41, 5.74) is 4.80. The van der Waals surface area contributed by atoms with E-state index in [0.29, 0.717) is 44.9 Å². The van der Waals surface area contributed by atoms with E-state index in [2.05, 4.69) is 26.1 Å². The highest BCUT2D eigenvalue weighted by molar-refractivity contribution is 6.02. The smallest absolute Gasteiger partial charge is 0.330 e. The van der Waals surface area contributed by atoms with Crippen molar-refractivity contribution < 1.29 is 13.9 Å². The number of hydrogen-bond acceptors (Lipinski definition) is 7. The van der Waals surface area contributed by atoms with E-state index >= 15 is 0 Å². The topological polar surface area (TPSA) is 87.3 Å². The number of fused-ring (bicyclic) bond motifs is 3. The van der Waals surface area contributed by atoms with E-state index in [1.165, 1.54) is 0 Å². The van der Waals surface area contributed by atoms with Crippen LogP contribution in [-0.2, 0) is 23.1 Å². The molecule has 0 amide bonds. The van der Waals surface area contributed by atoms with Crippen LogP contribution in [0, 0.1) is 0 Å². The second-order valence-electron chi connectivity index (χ2n) is 9.61. The van der Waals surface area contributed by atoms with Crippen LogP contribution in [0.3, 0.4) is 0 Å². The maximum atomic E-state index is 13.3. The molecule has 0 spiro atoms. The summed E-state index contributed by atoms with van der Waals surface area (Å²) < 4.78 is 27.8. The van der Waals surface area contributed by atoms with Gasteiger partial charge >= 0.3 is 5.69 Å². The number of alkyl halides is 1. The lowest BCUT2D eigenvalue weighted by Crippen LogP contribution is -2.37. The molecule has 3 aromatic heterocycles. The third-order valence-corrected chi connectivity index (χ3v) is 7.23. The Hall–Kier alpha value is -3.21. The average Bonchev–Trinajstić information content (AvgIpc) is 3.12. The van der Waals surface area contributed by atoms with Crippen molar-refractivity contribution in [2.75, 3.05) is 39.5 Å². The minimum absolute atomic E-state index is 0.00808. The summed E-state index contributed by atoms with van der Waals surface area (Å²) in [5.74, 6) is 0. The van der Waals surface area contributed by atoms with Crippen molar-refractivity contribution >= 4 is 22.1 Å². The molecule has 2 aliphatic heterocycles. The Kier molecular flexibility index (Phi) is 6.24. The highest BCUT2D eigenvalue weighted by atomic mass is 19.1. The maximum Gasteiger partial charge on any atom is 0.330 e. The van der Waals surface area contributed by atoms with E-state index in [9.17, 15) is 9.18 Å². The number of piperidine rings is 1. The van der Waals surface area contributed by atoms with Crippen LogP contribution in [0.4, 0.5) is 4.39 Å². The molecule has 5 heterocycles. The van der Waals surface area contributed by atoms with Crippen LogP contribution in [0.15, 0.2) is 41.3 Å². The molecule has 0 radical (unpaired) electrons. The fourth-order valence-electron chi connectivity index (χ4n) is 4.96. The van der Waals surface area contributed by atoms with Gasteiger partial charge < -0.3 is 14.4 Å². The van der Waals surface area contributed by atoms with Crippen molar-refractivity contribution in [3.05, 3.63) is 52.7 Å². The standard InChI is InChI=1S/C26H29FN6O3/c1-31-25-24(33(26(31)34)21-15-36-16-21)22-12-17(3-5-23(22)29-30-25)18-2-4-20(28-13-18)14-35-11-10-32-8-6-19(27)7-9-32/h2-5,12-13,19,21H,6-11,14-16H2,1H3. The second kappa shape index (κ2) is 9.68. The molecule has 0 bridgehead atoms. The molecule has 0 saturated carbocycles. The Morgan fingerprint density at radius 2 is 1.92 bits per heavy atom. The third kappa shape index (κ3) is 4.29. The number of halogens is 1. The summed E-state index contributed by atoms with van der Waals surface area (Å²) in [6, 6.07) is 9.98. The fourth-order valence-corrected chi connectivity index (χ4v) is 4.96. The molecule has 1 aromatic carbocycles. The van der Waals surface area contributed by atoms with Gasteiger partial charge in [-0.3, -0.25) is 14.1 Å². The van der Waals surface area contributed by atoms with Crippen LogP contribution in [-0.4, -0.2) is 74.8 Å². The summed E-state index contributed by atoms with van der Waals surface area (Å²) in [7, 11) is 1.72. The quantitative estimate of drug-likeness (QED) is 0.367. The van der Waals surface area contributed by atoms with E-state index in [1.807, 2.05) is 30.5 Å². The number of imidazole rings is 1. The molecule has 0 unspecified atom stereocenters. The van der Waals surface area contributed by atoms with Gasteiger partial charge in [-0.1, -0.05) is 12.1 Å². The number of hydrogen-bond donors (Lipinski definition) is 0. The van der Waals surface area contributed by atoms with Crippen LogP contribution in [0.2, 0.25) is 0 Å². The fraction of sp³-hybridized carbons (Fsp3) is 0.462. The molecule has 2 saturated heterocycles. The molecule has 10 heteroatoms. The van der Waals surface area contributed by atoms with Crippen molar-refractivity contribution in [2.24, 2.45) is 7.05 Å². The predicted octanol–water partition coefficient (Wildman–Crippen LogP) is 2.87. The lowest BCUT2D eigenvalue weighted by molar-refractivity contribution is -0.0230. The predicted molar refractivity (Wildman–Crippen MR) is 134 cm³/mol. The van der Waals surface area contributed by atoms with Crippen molar-refractivity contribution in [2.45, 2.75) is 31.7 Å². The zero-order valence-electron chi connectivity index (χ0n) is 20.3. The van der Waals surface area contributed by atoms with E-state index in [0.717, 1.165) is 52.9 Å². The van der Waals surface area contributed by atoms with Gasteiger partial charge in [0.15, 0.2) is 5.65 Å². The Balaban J connectivity index is 1.20. The minimum Gasteiger partial charge on any atom is -0.377 e. The Bertz CT molecular complexity index is 1440. The van der Waals surface area contributed by atoms with Crippen LogP contribution in [0.25, 0.3) is 33.2 Å². The summed E-state index contributed by atoms with van der Waals surface area (Å²) in [6.45, 7) is 4.50. The van der Waals surface area contributed by atoms with Gasteiger partial charge in [-0.05, 0) is 36.6 Å². The Morgan fingerprint density at radius 1 is 1.11 bits per heavy atom. The van der Waals surface area contributed by atoms with Gasteiger partial charge in [-0.2, -0.15) is 0 Å².